The smallest absolute Gasteiger partial charge is 0.242 e. The zero-order chi connectivity index (χ0) is 19.1. The Morgan fingerprint density at radius 2 is 1.77 bits per heavy atom. The van der Waals surface area contributed by atoms with Gasteiger partial charge in [-0.15, -0.1) is 10.2 Å². The van der Waals surface area contributed by atoms with E-state index in [1.165, 1.54) is 22.2 Å². The van der Waals surface area contributed by atoms with E-state index in [1.54, 1.807) is 18.3 Å². The van der Waals surface area contributed by atoms with Crippen molar-refractivity contribution in [2.45, 2.75) is 25.9 Å². The predicted octanol–water partition coefficient (Wildman–Crippen LogP) is 1.99. The van der Waals surface area contributed by atoms with Gasteiger partial charge in [-0.2, -0.15) is 0 Å². The molecule has 1 heterocycles. The first-order valence-corrected chi connectivity index (χ1v) is 9.56. The maximum atomic E-state index is 12.3. The molecule has 2 amide bonds. The van der Waals surface area contributed by atoms with Crippen LogP contribution >= 0.6 is 11.8 Å². The number of aromatic nitrogens is 3. The topological polar surface area (TPSA) is 71.3 Å². The molecule has 0 unspecified atom stereocenters. The van der Waals surface area contributed by atoms with Crippen molar-refractivity contribution >= 4 is 23.6 Å². The Morgan fingerprint density at radius 3 is 2.38 bits per heavy atom. The minimum Gasteiger partial charge on any atom is -0.342 e. The number of rotatable bonds is 8. The van der Waals surface area contributed by atoms with Gasteiger partial charge in [0.05, 0.1) is 12.3 Å². The number of hydrogen-bond acceptors (Lipinski definition) is 5. The summed E-state index contributed by atoms with van der Waals surface area (Å²) in [7, 11) is 1.65. The Balaban J connectivity index is 1.95. The highest BCUT2D eigenvalue weighted by Gasteiger charge is 2.18. The van der Waals surface area contributed by atoms with Crippen LogP contribution in [-0.4, -0.2) is 68.8 Å². The van der Waals surface area contributed by atoms with E-state index in [1.807, 2.05) is 49.6 Å². The fraction of sp³-hybridized carbons (Fsp3) is 0.444. The summed E-state index contributed by atoms with van der Waals surface area (Å²) in [5, 5.41) is 8.68. The molecule has 0 fully saturated rings. The maximum Gasteiger partial charge on any atom is 0.242 e. The van der Waals surface area contributed by atoms with Crippen LogP contribution in [0.5, 0.6) is 0 Å². The van der Waals surface area contributed by atoms with Crippen molar-refractivity contribution in [2.75, 3.05) is 32.4 Å². The summed E-state index contributed by atoms with van der Waals surface area (Å²) in [4.78, 5) is 27.6. The van der Waals surface area contributed by atoms with E-state index in [0.717, 1.165) is 5.69 Å². The number of carbonyl (C=O) groups excluding carboxylic acids is 2. The van der Waals surface area contributed by atoms with Crippen molar-refractivity contribution < 1.29 is 9.59 Å². The molecule has 0 aliphatic rings. The highest BCUT2D eigenvalue weighted by atomic mass is 32.2. The number of benzene rings is 1. The molecule has 1 aromatic heterocycles. The highest BCUT2D eigenvalue weighted by Crippen LogP contribution is 2.20. The van der Waals surface area contributed by atoms with Crippen molar-refractivity contribution in [1.29, 1.82) is 0 Å². The van der Waals surface area contributed by atoms with Crippen LogP contribution in [0, 0.1) is 6.92 Å². The van der Waals surface area contributed by atoms with Crippen molar-refractivity contribution in [3.63, 3.8) is 0 Å². The molecule has 0 saturated carbocycles. The van der Waals surface area contributed by atoms with Gasteiger partial charge in [-0.1, -0.05) is 29.5 Å². The van der Waals surface area contributed by atoms with E-state index in [9.17, 15) is 9.59 Å². The highest BCUT2D eigenvalue weighted by molar-refractivity contribution is 7.99. The SMILES string of the molecule is CCN(CC)C(=O)CN(C)C(=O)CSc1nncn1-c1ccc(C)cc1. The summed E-state index contributed by atoms with van der Waals surface area (Å²) in [6.45, 7) is 7.26. The summed E-state index contributed by atoms with van der Waals surface area (Å²) >= 11 is 1.31. The molecular formula is C18H25N5O2S. The second kappa shape index (κ2) is 9.38. The van der Waals surface area contributed by atoms with Crippen LogP contribution in [0.3, 0.4) is 0 Å². The molecule has 0 aliphatic carbocycles. The zero-order valence-corrected chi connectivity index (χ0v) is 16.5. The minimum atomic E-state index is -0.117. The van der Waals surface area contributed by atoms with Crippen LogP contribution in [0.15, 0.2) is 35.7 Å². The van der Waals surface area contributed by atoms with Crippen molar-refractivity contribution in [3.05, 3.63) is 36.2 Å². The van der Waals surface area contributed by atoms with E-state index in [4.69, 9.17) is 0 Å². The molecule has 26 heavy (non-hydrogen) atoms. The molecule has 7 nitrogen and oxygen atoms in total. The Hall–Kier alpha value is -2.35. The Morgan fingerprint density at radius 1 is 1.12 bits per heavy atom. The lowest BCUT2D eigenvalue weighted by Gasteiger charge is -2.23. The molecule has 0 atom stereocenters. The fourth-order valence-electron chi connectivity index (χ4n) is 2.41. The lowest BCUT2D eigenvalue weighted by Crippen LogP contribution is -2.41. The van der Waals surface area contributed by atoms with E-state index in [-0.39, 0.29) is 24.1 Å². The first-order chi connectivity index (χ1) is 12.5. The average Bonchev–Trinajstić information content (AvgIpc) is 3.09. The average molecular weight is 375 g/mol. The lowest BCUT2D eigenvalue weighted by atomic mass is 10.2. The van der Waals surface area contributed by atoms with Gasteiger partial charge < -0.3 is 9.80 Å². The van der Waals surface area contributed by atoms with Gasteiger partial charge >= 0.3 is 0 Å². The predicted molar refractivity (Wildman–Crippen MR) is 102 cm³/mol. The summed E-state index contributed by atoms with van der Waals surface area (Å²) in [5.74, 6) is 0.0414. The largest absolute Gasteiger partial charge is 0.342 e. The van der Waals surface area contributed by atoms with Gasteiger partial charge in [0, 0.05) is 25.8 Å². The number of aryl methyl sites for hydroxylation is 1. The van der Waals surface area contributed by atoms with Crippen LogP contribution in [-0.2, 0) is 9.59 Å². The maximum absolute atomic E-state index is 12.3. The van der Waals surface area contributed by atoms with Gasteiger partial charge in [0.15, 0.2) is 5.16 Å². The standard InChI is InChI=1S/C18H25N5O2S/c1-5-22(6-2)16(24)11-21(4)17(25)12-26-18-20-19-13-23(18)15-9-7-14(3)8-10-15/h7-10,13H,5-6,11-12H2,1-4H3. The molecule has 8 heteroatoms. The van der Waals surface area contributed by atoms with Gasteiger partial charge in [-0.05, 0) is 32.9 Å². The van der Waals surface area contributed by atoms with Crippen LogP contribution in [0.2, 0.25) is 0 Å². The summed E-state index contributed by atoms with van der Waals surface area (Å²) < 4.78 is 1.85. The van der Waals surface area contributed by atoms with Crippen molar-refractivity contribution in [3.8, 4) is 5.69 Å². The number of likely N-dealkylation sites (N-methyl/N-ethyl adjacent to an activating group) is 2. The molecule has 0 N–H and O–H groups in total. The van der Waals surface area contributed by atoms with E-state index in [2.05, 4.69) is 10.2 Å². The number of nitrogens with zero attached hydrogens (tertiary/aromatic N) is 5. The molecule has 0 aliphatic heterocycles. The zero-order valence-electron chi connectivity index (χ0n) is 15.7. The number of amides is 2. The van der Waals surface area contributed by atoms with Gasteiger partial charge in [0.1, 0.15) is 6.33 Å². The molecule has 140 valence electrons. The third kappa shape index (κ3) is 5.08. The fourth-order valence-corrected chi connectivity index (χ4v) is 3.28. The third-order valence-corrected chi connectivity index (χ3v) is 5.00. The summed E-state index contributed by atoms with van der Waals surface area (Å²) in [6.07, 6.45) is 1.63. The van der Waals surface area contributed by atoms with Crippen LogP contribution < -0.4 is 0 Å². The van der Waals surface area contributed by atoms with E-state index in [0.29, 0.717) is 18.2 Å². The molecule has 2 aromatic rings. The van der Waals surface area contributed by atoms with Gasteiger partial charge in [-0.3, -0.25) is 14.2 Å². The van der Waals surface area contributed by atoms with E-state index >= 15 is 0 Å². The minimum absolute atomic E-state index is 0.0429. The van der Waals surface area contributed by atoms with Crippen LogP contribution in [0.4, 0.5) is 0 Å². The molecule has 1 aromatic carbocycles. The number of hydrogen-bond donors (Lipinski definition) is 0. The molecular weight excluding hydrogens is 350 g/mol. The Kier molecular flexibility index (Phi) is 7.20. The third-order valence-electron chi connectivity index (χ3n) is 4.07. The first kappa shape index (κ1) is 20.0. The van der Waals surface area contributed by atoms with Crippen LogP contribution in [0.1, 0.15) is 19.4 Å². The van der Waals surface area contributed by atoms with E-state index < -0.39 is 0 Å². The lowest BCUT2D eigenvalue weighted by molar-refractivity contribution is -0.137. The Labute approximate surface area is 158 Å². The van der Waals surface area contributed by atoms with Crippen molar-refractivity contribution in [2.24, 2.45) is 0 Å². The molecule has 0 spiro atoms. The summed E-state index contributed by atoms with van der Waals surface area (Å²) in [6, 6.07) is 8.00. The normalized spacial score (nSPS) is 10.6. The summed E-state index contributed by atoms with van der Waals surface area (Å²) in [5.41, 5.74) is 2.12. The second-order valence-electron chi connectivity index (χ2n) is 5.92. The molecule has 0 bridgehead atoms. The van der Waals surface area contributed by atoms with Crippen LogP contribution in [0.25, 0.3) is 5.69 Å². The second-order valence-corrected chi connectivity index (χ2v) is 6.87. The Bertz CT molecular complexity index is 740. The number of carbonyl (C=O) groups is 2. The van der Waals surface area contributed by atoms with Gasteiger partial charge in [0.2, 0.25) is 11.8 Å². The molecule has 0 radical (unpaired) electrons. The quantitative estimate of drug-likeness (QED) is 0.660. The molecule has 0 saturated heterocycles. The van der Waals surface area contributed by atoms with Gasteiger partial charge in [0.25, 0.3) is 0 Å². The number of thioether (sulfide) groups is 1. The van der Waals surface area contributed by atoms with Gasteiger partial charge in [-0.25, -0.2) is 0 Å². The monoisotopic (exact) mass is 375 g/mol. The molecule has 2 rings (SSSR count). The van der Waals surface area contributed by atoms with Crippen molar-refractivity contribution in [1.82, 2.24) is 24.6 Å². The first-order valence-electron chi connectivity index (χ1n) is 8.57.